The lowest BCUT2D eigenvalue weighted by molar-refractivity contribution is -0.120. The summed E-state index contributed by atoms with van der Waals surface area (Å²) in [6, 6.07) is 10.2. The minimum absolute atomic E-state index is 0.0818. The van der Waals surface area contributed by atoms with E-state index in [4.69, 9.17) is 14.2 Å². The predicted octanol–water partition coefficient (Wildman–Crippen LogP) is 3.86. The monoisotopic (exact) mass is 657 g/mol. The van der Waals surface area contributed by atoms with Crippen molar-refractivity contribution in [3.8, 4) is 28.4 Å². The number of carbonyl (C=O) groups excluding carboxylic acids is 2. The van der Waals surface area contributed by atoms with Crippen LogP contribution in [0.15, 0.2) is 56.8 Å². The Morgan fingerprint density at radius 2 is 1.60 bits per heavy atom. The highest BCUT2D eigenvalue weighted by Gasteiger charge is 2.30. The van der Waals surface area contributed by atoms with Crippen molar-refractivity contribution in [2.45, 2.75) is 52.1 Å². The molecule has 1 aliphatic rings. The van der Waals surface area contributed by atoms with E-state index >= 15 is 0 Å². The Labute approximate surface area is 276 Å². The van der Waals surface area contributed by atoms with Gasteiger partial charge in [0, 0.05) is 18.2 Å². The maximum absolute atomic E-state index is 13.9. The Hall–Kier alpha value is -5.59. The summed E-state index contributed by atoms with van der Waals surface area (Å²) in [7, 11) is 4.60. The van der Waals surface area contributed by atoms with Gasteiger partial charge in [-0.1, -0.05) is 19.9 Å². The summed E-state index contributed by atoms with van der Waals surface area (Å²) < 4.78 is 17.1. The second-order valence-electron chi connectivity index (χ2n) is 12.1. The number of H-pyrrole nitrogens is 2. The minimum atomic E-state index is -0.817. The average Bonchev–Trinajstić information content (AvgIpc) is 3.28. The molecule has 0 bridgehead atoms. The second kappa shape index (κ2) is 14.0. The molecule has 0 fully saturated rings. The lowest BCUT2D eigenvalue weighted by Gasteiger charge is -2.21. The van der Waals surface area contributed by atoms with Crippen LogP contribution in [0.3, 0.4) is 0 Å². The number of benzene rings is 2. The summed E-state index contributed by atoms with van der Waals surface area (Å²) in [6.45, 7) is 5.36. The third-order valence-electron chi connectivity index (χ3n) is 8.26. The standard InChI is InChI=1S/C35H39N5O8/c1-17(2)13-27(33(43)37-20-8-11-24-26(15-20)40-35(45)34(44)39-24)38-25-12-9-21-22(16-28(25)42)23(36-18(3)41)10-7-19-14-29(46-4)31(47-5)32(48-6)30(19)21/h8-9,11-12,14-17,23,27H,7,10,13H2,1-6H3,(H,36,41)(H,37,43)(H,38,42)(H,39,44)(H,40,45)/t23-,27?/m0/s1. The van der Waals surface area contributed by atoms with Gasteiger partial charge < -0.3 is 40.1 Å². The molecular weight excluding hydrogens is 618 g/mol. The maximum atomic E-state index is 13.9. The second-order valence-corrected chi connectivity index (χ2v) is 12.1. The van der Waals surface area contributed by atoms with Gasteiger partial charge in [0.15, 0.2) is 11.5 Å². The number of nitrogens with one attached hydrogen (secondary N) is 5. The van der Waals surface area contributed by atoms with E-state index in [9.17, 15) is 24.0 Å². The number of aromatic nitrogens is 2. The molecule has 1 unspecified atom stereocenters. The fraction of sp³-hybridized carbons (Fsp3) is 0.343. The van der Waals surface area contributed by atoms with E-state index in [1.807, 2.05) is 19.9 Å². The number of aromatic amines is 2. The molecule has 0 saturated carbocycles. The molecule has 1 aromatic heterocycles. The molecule has 252 valence electrons. The topological polar surface area (TPSA) is 181 Å². The summed E-state index contributed by atoms with van der Waals surface area (Å²) in [5, 5.41) is 9.02. The lowest BCUT2D eigenvalue weighted by Crippen LogP contribution is -2.37. The van der Waals surface area contributed by atoms with Crippen molar-refractivity contribution in [1.82, 2.24) is 15.3 Å². The molecule has 5 rings (SSSR count). The molecule has 0 saturated heterocycles. The molecule has 13 nitrogen and oxygen atoms in total. The van der Waals surface area contributed by atoms with Crippen LogP contribution in [0, 0.1) is 5.92 Å². The van der Waals surface area contributed by atoms with Crippen LogP contribution in [0.1, 0.15) is 50.8 Å². The highest BCUT2D eigenvalue weighted by atomic mass is 16.5. The largest absolute Gasteiger partial charge is 0.493 e. The van der Waals surface area contributed by atoms with Gasteiger partial charge >= 0.3 is 11.1 Å². The van der Waals surface area contributed by atoms with Crippen molar-refractivity contribution >= 4 is 34.2 Å². The van der Waals surface area contributed by atoms with Crippen molar-refractivity contribution in [3.05, 3.63) is 84.5 Å². The van der Waals surface area contributed by atoms with Gasteiger partial charge in [-0.25, -0.2) is 0 Å². The van der Waals surface area contributed by atoms with Crippen LogP contribution in [0.2, 0.25) is 0 Å². The van der Waals surface area contributed by atoms with Crippen molar-refractivity contribution in [2.75, 3.05) is 32.0 Å². The number of carbonyl (C=O) groups is 2. The van der Waals surface area contributed by atoms with Gasteiger partial charge in [-0.3, -0.25) is 24.0 Å². The molecule has 5 N–H and O–H groups in total. The van der Waals surface area contributed by atoms with Gasteiger partial charge in [0.05, 0.1) is 44.1 Å². The first-order valence-corrected chi connectivity index (χ1v) is 15.5. The SMILES string of the molecule is COc1cc2c(c(OC)c1OC)-c1ccc(NC(CC(C)C)C(=O)Nc3ccc4[nH]c(=O)c(=O)[nH]c4c3)c(=O)cc1[C@@H](NC(C)=O)CC2. The molecule has 13 heteroatoms. The third kappa shape index (κ3) is 6.89. The molecule has 48 heavy (non-hydrogen) atoms. The number of aryl methyl sites for hydroxylation is 1. The highest BCUT2D eigenvalue weighted by Crippen LogP contribution is 2.50. The Bertz CT molecular complexity index is 2070. The van der Waals surface area contributed by atoms with E-state index in [-0.39, 0.29) is 22.9 Å². The van der Waals surface area contributed by atoms with Crippen LogP contribution >= 0.6 is 0 Å². The highest BCUT2D eigenvalue weighted by molar-refractivity contribution is 5.98. The molecule has 1 aliphatic carbocycles. The van der Waals surface area contributed by atoms with Crippen molar-refractivity contribution in [3.63, 3.8) is 0 Å². The van der Waals surface area contributed by atoms with E-state index in [0.717, 1.165) is 5.56 Å². The quantitative estimate of drug-likeness (QED) is 0.158. The van der Waals surface area contributed by atoms with Crippen LogP contribution < -0.4 is 46.7 Å². The molecule has 3 aromatic carbocycles. The Kier molecular flexibility index (Phi) is 9.87. The molecule has 2 atom stereocenters. The molecule has 4 aromatic rings. The minimum Gasteiger partial charge on any atom is -0.493 e. The van der Waals surface area contributed by atoms with Crippen LogP contribution in [0.25, 0.3) is 22.2 Å². The van der Waals surface area contributed by atoms with Gasteiger partial charge in [-0.15, -0.1) is 0 Å². The summed E-state index contributed by atoms with van der Waals surface area (Å²) >= 11 is 0. The van der Waals surface area contributed by atoms with Crippen molar-refractivity contribution in [2.24, 2.45) is 5.92 Å². The van der Waals surface area contributed by atoms with Gasteiger partial charge in [0.2, 0.25) is 23.0 Å². The number of methoxy groups -OCH3 is 3. The van der Waals surface area contributed by atoms with E-state index < -0.39 is 29.1 Å². The Morgan fingerprint density at radius 3 is 2.25 bits per heavy atom. The molecule has 2 amide bonds. The molecule has 0 spiro atoms. The number of hydrogen-bond donors (Lipinski definition) is 5. The van der Waals surface area contributed by atoms with E-state index in [2.05, 4.69) is 25.9 Å². The fourth-order valence-electron chi connectivity index (χ4n) is 6.14. The van der Waals surface area contributed by atoms with Gasteiger partial charge in [-0.2, -0.15) is 0 Å². The van der Waals surface area contributed by atoms with Crippen LogP contribution in [0.4, 0.5) is 11.4 Å². The third-order valence-corrected chi connectivity index (χ3v) is 8.26. The first-order chi connectivity index (χ1) is 22.9. The summed E-state index contributed by atoms with van der Waals surface area (Å²) in [5.41, 5.74) is 2.26. The summed E-state index contributed by atoms with van der Waals surface area (Å²) in [6.07, 6.45) is 1.46. The van der Waals surface area contributed by atoms with Crippen LogP contribution in [-0.4, -0.2) is 49.2 Å². The van der Waals surface area contributed by atoms with Gasteiger partial charge in [0.25, 0.3) is 0 Å². The number of anilines is 2. The van der Waals surface area contributed by atoms with Crippen LogP contribution in [-0.2, 0) is 16.0 Å². The first kappa shape index (κ1) is 33.8. The summed E-state index contributed by atoms with van der Waals surface area (Å²) in [4.78, 5) is 68.4. The molecule has 0 radical (unpaired) electrons. The van der Waals surface area contributed by atoms with Gasteiger partial charge in [0.1, 0.15) is 6.04 Å². The Balaban J connectivity index is 1.58. The first-order valence-electron chi connectivity index (χ1n) is 15.5. The predicted molar refractivity (Wildman–Crippen MR) is 183 cm³/mol. The number of fused-ring (bicyclic) bond motifs is 4. The zero-order valence-electron chi connectivity index (χ0n) is 27.7. The average molecular weight is 658 g/mol. The Morgan fingerprint density at radius 1 is 0.896 bits per heavy atom. The van der Waals surface area contributed by atoms with E-state index in [1.165, 1.54) is 27.2 Å². The van der Waals surface area contributed by atoms with E-state index in [1.54, 1.807) is 37.4 Å². The fourth-order valence-corrected chi connectivity index (χ4v) is 6.14. The van der Waals surface area contributed by atoms with E-state index in [0.29, 0.717) is 69.9 Å². The normalized spacial score (nSPS) is 14.3. The lowest BCUT2D eigenvalue weighted by atomic mass is 9.95. The number of hydrogen-bond acceptors (Lipinski definition) is 9. The maximum Gasteiger partial charge on any atom is 0.314 e. The zero-order chi connectivity index (χ0) is 34.7. The molecule has 0 aliphatic heterocycles. The number of ether oxygens (including phenoxy) is 3. The smallest absolute Gasteiger partial charge is 0.314 e. The number of rotatable bonds is 10. The van der Waals surface area contributed by atoms with Crippen molar-refractivity contribution < 1.29 is 23.8 Å². The number of amides is 2. The zero-order valence-corrected chi connectivity index (χ0v) is 27.7. The molecular formula is C35H39N5O8. The van der Waals surface area contributed by atoms with Gasteiger partial charge in [-0.05, 0) is 78.3 Å². The van der Waals surface area contributed by atoms with Crippen LogP contribution in [0.5, 0.6) is 17.2 Å². The molecule has 1 heterocycles. The summed E-state index contributed by atoms with van der Waals surface area (Å²) in [5.74, 6) is 0.762. The van der Waals surface area contributed by atoms with Crippen molar-refractivity contribution in [1.29, 1.82) is 0 Å².